The van der Waals surface area contributed by atoms with Gasteiger partial charge in [-0.3, -0.25) is 4.79 Å². The van der Waals surface area contributed by atoms with E-state index in [1.165, 1.54) is 0 Å². The second kappa shape index (κ2) is 2.49. The maximum Gasteiger partial charge on any atom is 0.293 e. The van der Waals surface area contributed by atoms with Crippen molar-refractivity contribution >= 4 is 11.6 Å². The molecule has 0 spiro atoms. The third kappa shape index (κ3) is 1.02. The van der Waals surface area contributed by atoms with Gasteiger partial charge in [-0.2, -0.15) is 0 Å². The molecule has 12 heavy (non-hydrogen) atoms. The van der Waals surface area contributed by atoms with Gasteiger partial charge in [0.2, 0.25) is 0 Å². The lowest BCUT2D eigenvalue weighted by Crippen LogP contribution is -2.36. The van der Waals surface area contributed by atoms with E-state index < -0.39 is 12.2 Å². The Bertz CT molecular complexity index is 324. The smallest absolute Gasteiger partial charge is 0.293 e. The van der Waals surface area contributed by atoms with Crippen molar-refractivity contribution in [3.05, 3.63) is 24.3 Å². The van der Waals surface area contributed by atoms with Crippen molar-refractivity contribution in [3.8, 4) is 5.75 Å². The summed E-state index contributed by atoms with van der Waals surface area (Å²) in [6, 6.07) is 6.93. The minimum absolute atomic E-state index is 0.490. The molecule has 0 saturated heterocycles. The molecule has 1 amide bonds. The van der Waals surface area contributed by atoms with E-state index in [-0.39, 0.29) is 0 Å². The Hall–Kier alpha value is -1.55. The maximum atomic E-state index is 10.9. The fourth-order valence-electron chi connectivity index (χ4n) is 1.04. The van der Waals surface area contributed by atoms with E-state index in [0.29, 0.717) is 11.4 Å². The van der Waals surface area contributed by atoms with Crippen LogP contribution < -0.4 is 10.1 Å². The van der Waals surface area contributed by atoms with Crippen LogP contribution in [0.4, 0.5) is 5.69 Å². The summed E-state index contributed by atoms with van der Waals surface area (Å²) in [5, 5.41) is 11.5. The van der Waals surface area contributed by atoms with Crippen LogP contribution in [0.2, 0.25) is 0 Å². The Balaban J connectivity index is 2.40. The van der Waals surface area contributed by atoms with E-state index in [0.717, 1.165) is 0 Å². The lowest BCUT2D eigenvalue weighted by molar-refractivity contribution is -0.139. The summed E-state index contributed by atoms with van der Waals surface area (Å²) in [7, 11) is 0. The number of carbonyl (C=O) groups is 1. The van der Waals surface area contributed by atoms with Crippen LogP contribution in [0.3, 0.4) is 0 Å². The van der Waals surface area contributed by atoms with Crippen molar-refractivity contribution in [1.29, 1.82) is 0 Å². The third-order valence-electron chi connectivity index (χ3n) is 1.61. The normalized spacial score (nSPS) is 20.8. The number of aliphatic hydroxyl groups excluding tert-OH is 1. The molecule has 1 atom stereocenters. The lowest BCUT2D eigenvalue weighted by atomic mass is 10.2. The highest BCUT2D eigenvalue weighted by molar-refractivity contribution is 5.96. The molecule has 4 heteroatoms. The second-order valence-electron chi connectivity index (χ2n) is 2.46. The molecule has 2 N–H and O–H groups in total. The van der Waals surface area contributed by atoms with Crippen LogP contribution >= 0.6 is 0 Å². The van der Waals surface area contributed by atoms with Crippen LogP contribution in [0, 0.1) is 0 Å². The molecule has 0 aliphatic carbocycles. The molecule has 2 rings (SSSR count). The fraction of sp³-hybridized carbons (Fsp3) is 0.125. The Morgan fingerprint density at radius 1 is 1.42 bits per heavy atom. The minimum atomic E-state index is -1.39. The van der Waals surface area contributed by atoms with Gasteiger partial charge < -0.3 is 15.2 Å². The number of rotatable bonds is 0. The van der Waals surface area contributed by atoms with E-state index in [4.69, 9.17) is 9.84 Å². The topological polar surface area (TPSA) is 58.6 Å². The molecule has 1 aliphatic heterocycles. The Morgan fingerprint density at radius 2 is 2.17 bits per heavy atom. The summed E-state index contributed by atoms with van der Waals surface area (Å²) < 4.78 is 4.89. The van der Waals surface area contributed by atoms with Gasteiger partial charge in [-0.15, -0.1) is 0 Å². The van der Waals surface area contributed by atoms with Gasteiger partial charge in [0.05, 0.1) is 5.69 Å². The summed E-state index contributed by atoms with van der Waals surface area (Å²) in [4.78, 5) is 10.9. The van der Waals surface area contributed by atoms with E-state index in [1.54, 1.807) is 24.3 Å². The van der Waals surface area contributed by atoms with Crippen molar-refractivity contribution in [2.24, 2.45) is 0 Å². The molecule has 4 nitrogen and oxygen atoms in total. The van der Waals surface area contributed by atoms with Gasteiger partial charge in [-0.05, 0) is 12.1 Å². The van der Waals surface area contributed by atoms with E-state index >= 15 is 0 Å². The monoisotopic (exact) mass is 165 g/mol. The van der Waals surface area contributed by atoms with Crippen LogP contribution in [0.15, 0.2) is 24.3 Å². The number of nitrogens with one attached hydrogen (secondary N) is 1. The first-order valence-corrected chi connectivity index (χ1v) is 3.52. The Kier molecular flexibility index (Phi) is 1.48. The molecular formula is C8H7NO3. The number of fused-ring (bicyclic) bond motifs is 1. The summed E-state index contributed by atoms with van der Waals surface area (Å²) >= 11 is 0. The molecule has 0 saturated carbocycles. The minimum Gasteiger partial charge on any atom is -0.453 e. The molecular weight excluding hydrogens is 158 g/mol. The van der Waals surface area contributed by atoms with Crippen molar-refractivity contribution in [2.45, 2.75) is 6.29 Å². The van der Waals surface area contributed by atoms with Crippen LogP contribution in [-0.2, 0) is 4.79 Å². The average molecular weight is 165 g/mol. The second-order valence-corrected chi connectivity index (χ2v) is 2.46. The highest BCUT2D eigenvalue weighted by Crippen LogP contribution is 2.27. The van der Waals surface area contributed by atoms with Gasteiger partial charge in [-0.1, -0.05) is 12.1 Å². The molecule has 1 unspecified atom stereocenters. The van der Waals surface area contributed by atoms with Crippen LogP contribution in [0.5, 0.6) is 5.75 Å². The number of ether oxygens (including phenoxy) is 1. The molecule has 0 fully saturated rings. The standard InChI is InChI=1S/C8H7NO3/c10-7-8(11)12-6-4-2-1-3-5(6)9-7/h1-4,8,11H,(H,9,10). The number of aliphatic hydroxyl groups is 1. The first-order valence-electron chi connectivity index (χ1n) is 3.52. The van der Waals surface area contributed by atoms with Crippen molar-refractivity contribution < 1.29 is 14.6 Å². The SMILES string of the molecule is O=C1Nc2ccccc2OC1O. The highest BCUT2D eigenvalue weighted by atomic mass is 16.6. The first-order chi connectivity index (χ1) is 5.77. The van der Waals surface area contributed by atoms with Crippen molar-refractivity contribution in [3.63, 3.8) is 0 Å². The quantitative estimate of drug-likeness (QED) is 0.582. The van der Waals surface area contributed by atoms with Crippen LogP contribution in [-0.4, -0.2) is 17.3 Å². The number of anilines is 1. The molecule has 62 valence electrons. The summed E-state index contributed by atoms with van der Waals surface area (Å²) in [6.07, 6.45) is -1.39. The summed E-state index contributed by atoms with van der Waals surface area (Å²) in [5.41, 5.74) is 0.591. The molecule has 0 bridgehead atoms. The zero-order valence-corrected chi connectivity index (χ0v) is 6.15. The first kappa shape index (κ1) is 7.12. The van der Waals surface area contributed by atoms with Crippen LogP contribution in [0.1, 0.15) is 0 Å². The lowest BCUT2D eigenvalue weighted by Gasteiger charge is -2.21. The van der Waals surface area contributed by atoms with Crippen molar-refractivity contribution in [2.75, 3.05) is 5.32 Å². The predicted octanol–water partition coefficient (Wildman–Crippen LogP) is 0.336. The largest absolute Gasteiger partial charge is 0.453 e. The molecule has 1 aromatic rings. The van der Waals surface area contributed by atoms with Gasteiger partial charge in [0.15, 0.2) is 0 Å². The molecule has 1 aromatic carbocycles. The predicted molar refractivity (Wildman–Crippen MR) is 41.7 cm³/mol. The Labute approximate surface area is 68.8 Å². The van der Waals surface area contributed by atoms with Crippen molar-refractivity contribution in [1.82, 2.24) is 0 Å². The number of para-hydroxylation sites is 2. The number of hydrogen-bond donors (Lipinski definition) is 2. The zero-order chi connectivity index (χ0) is 8.55. The number of amides is 1. The summed E-state index contributed by atoms with van der Waals surface area (Å²) in [5.74, 6) is -0.0432. The Morgan fingerprint density at radius 3 is 3.00 bits per heavy atom. The molecule has 1 aliphatic rings. The summed E-state index contributed by atoms with van der Waals surface area (Å²) in [6.45, 7) is 0. The van der Waals surface area contributed by atoms with Gasteiger partial charge in [0, 0.05) is 0 Å². The fourth-order valence-corrected chi connectivity index (χ4v) is 1.04. The zero-order valence-electron chi connectivity index (χ0n) is 6.15. The molecule has 0 radical (unpaired) electrons. The van der Waals surface area contributed by atoms with Gasteiger partial charge in [-0.25, -0.2) is 0 Å². The number of carbonyl (C=O) groups excluding carboxylic acids is 1. The molecule has 1 heterocycles. The van der Waals surface area contributed by atoms with Gasteiger partial charge >= 0.3 is 0 Å². The van der Waals surface area contributed by atoms with E-state index in [9.17, 15) is 4.79 Å². The van der Waals surface area contributed by atoms with E-state index in [2.05, 4.69) is 5.32 Å². The number of benzene rings is 1. The average Bonchev–Trinajstić information content (AvgIpc) is 2.07. The van der Waals surface area contributed by atoms with Gasteiger partial charge in [0.25, 0.3) is 12.2 Å². The van der Waals surface area contributed by atoms with Gasteiger partial charge in [0.1, 0.15) is 5.75 Å². The maximum absolute atomic E-state index is 10.9. The van der Waals surface area contributed by atoms with Crippen LogP contribution in [0.25, 0.3) is 0 Å². The number of hydrogen-bond acceptors (Lipinski definition) is 3. The van der Waals surface area contributed by atoms with E-state index in [1.807, 2.05) is 0 Å². The highest BCUT2D eigenvalue weighted by Gasteiger charge is 2.24. The molecule has 0 aromatic heterocycles. The third-order valence-corrected chi connectivity index (χ3v) is 1.61.